The van der Waals surface area contributed by atoms with E-state index >= 15 is 0 Å². The molecule has 2 aliphatic carbocycles. The van der Waals surface area contributed by atoms with Gasteiger partial charge in [-0.25, -0.2) is 13.8 Å². The number of hydrogen-bond donors (Lipinski definition) is 1. The lowest BCUT2D eigenvalue weighted by atomic mass is 9.80. The average molecular weight is 528 g/mol. The first-order chi connectivity index (χ1) is 17.8. The van der Waals surface area contributed by atoms with Crippen LogP contribution in [0.1, 0.15) is 61.7 Å². The lowest BCUT2D eigenvalue weighted by Gasteiger charge is -2.34. The third kappa shape index (κ3) is 5.06. The zero-order valence-corrected chi connectivity index (χ0v) is 21.0. The molecule has 2 saturated carbocycles. The number of rotatable bonds is 5. The topological polar surface area (TPSA) is 81.9 Å². The number of amides is 1. The summed E-state index contributed by atoms with van der Waals surface area (Å²) in [5, 5.41) is 12.7. The normalized spacial score (nSPS) is 24.8. The van der Waals surface area contributed by atoms with Gasteiger partial charge < -0.3 is 10.1 Å². The van der Waals surface area contributed by atoms with Gasteiger partial charge in [-0.3, -0.25) is 9.36 Å². The Hall–Kier alpha value is -3.07. The smallest absolute Gasteiger partial charge is 0.249 e. The molecule has 3 heterocycles. The van der Waals surface area contributed by atoms with Crippen LogP contribution in [0.15, 0.2) is 42.6 Å². The molecule has 1 aromatic carbocycles. The Morgan fingerprint density at radius 2 is 1.89 bits per heavy atom. The van der Waals surface area contributed by atoms with E-state index in [0.717, 1.165) is 48.6 Å². The summed E-state index contributed by atoms with van der Waals surface area (Å²) >= 11 is 6.34. The van der Waals surface area contributed by atoms with Crippen molar-refractivity contribution in [1.82, 2.24) is 25.1 Å². The van der Waals surface area contributed by atoms with E-state index < -0.39 is 11.8 Å². The van der Waals surface area contributed by atoms with Crippen molar-refractivity contribution in [2.24, 2.45) is 5.92 Å². The number of hydrogen-bond acceptors (Lipinski definition) is 5. The minimum Gasteiger partial charge on any atom is -0.474 e. The summed E-state index contributed by atoms with van der Waals surface area (Å²) in [7, 11) is 0. The zero-order valence-electron chi connectivity index (χ0n) is 20.2. The molecule has 3 aliphatic rings. The van der Waals surface area contributed by atoms with Crippen molar-refractivity contribution in [3.05, 3.63) is 64.8 Å². The molecule has 0 radical (unpaired) electrons. The molecule has 0 saturated heterocycles. The van der Waals surface area contributed by atoms with Crippen LogP contribution >= 0.6 is 11.6 Å². The molecule has 1 N–H and O–H groups in total. The number of alkyl halides is 2. The number of fused-ring (bicyclic) bond motifs is 3. The van der Waals surface area contributed by atoms with Crippen LogP contribution < -0.4 is 10.1 Å². The second kappa shape index (κ2) is 9.67. The molecule has 2 fully saturated rings. The van der Waals surface area contributed by atoms with Crippen LogP contribution in [-0.2, 0) is 17.6 Å². The van der Waals surface area contributed by atoms with Crippen molar-refractivity contribution in [2.45, 2.75) is 75.4 Å². The van der Waals surface area contributed by atoms with Gasteiger partial charge in [0.05, 0.1) is 5.69 Å². The first-order valence-electron chi connectivity index (χ1n) is 12.8. The molecule has 2 aromatic heterocycles. The third-order valence-electron chi connectivity index (χ3n) is 7.70. The van der Waals surface area contributed by atoms with Crippen LogP contribution in [0.25, 0.3) is 5.69 Å². The van der Waals surface area contributed by atoms with Gasteiger partial charge in [0.2, 0.25) is 17.7 Å². The van der Waals surface area contributed by atoms with E-state index in [2.05, 4.69) is 25.1 Å². The number of benzene rings is 1. The Morgan fingerprint density at radius 3 is 2.62 bits per heavy atom. The number of aromatic nitrogens is 4. The molecule has 1 aliphatic heterocycles. The molecular formula is C27H28ClF2N5O2. The van der Waals surface area contributed by atoms with Gasteiger partial charge in [0.25, 0.3) is 0 Å². The van der Waals surface area contributed by atoms with E-state index in [1.54, 1.807) is 6.20 Å². The predicted molar refractivity (Wildman–Crippen MR) is 133 cm³/mol. The lowest BCUT2D eigenvalue weighted by molar-refractivity contribution is -0.150. The van der Waals surface area contributed by atoms with Gasteiger partial charge in [-0.1, -0.05) is 17.7 Å². The monoisotopic (exact) mass is 527 g/mol. The van der Waals surface area contributed by atoms with Gasteiger partial charge in [0.1, 0.15) is 17.8 Å². The second-order valence-electron chi connectivity index (χ2n) is 10.4. The Kier molecular flexibility index (Phi) is 6.34. The zero-order chi connectivity index (χ0) is 25.6. The maximum atomic E-state index is 13.3. The van der Waals surface area contributed by atoms with Crippen molar-refractivity contribution in [2.75, 3.05) is 0 Å². The average Bonchev–Trinajstić information content (AvgIpc) is 3.20. The number of nitrogens with zero attached hydrogens (tertiary/aromatic N) is 4. The molecule has 0 spiro atoms. The van der Waals surface area contributed by atoms with Gasteiger partial charge in [-0.2, -0.15) is 0 Å². The number of nitrogens with one attached hydrogen (secondary N) is 1. The lowest BCUT2D eigenvalue weighted by Crippen LogP contribution is -2.48. The quantitative estimate of drug-likeness (QED) is 0.502. The fourth-order valence-corrected chi connectivity index (χ4v) is 5.97. The van der Waals surface area contributed by atoms with Crippen molar-refractivity contribution in [3.8, 4) is 11.6 Å². The number of halogens is 3. The number of carbonyl (C=O) groups excluding carboxylic acids is 1. The minimum absolute atomic E-state index is 0.113. The first kappa shape index (κ1) is 24.3. The maximum Gasteiger partial charge on any atom is 0.249 e. The number of ether oxygens (including phenoxy) is 1. The van der Waals surface area contributed by atoms with Crippen LogP contribution in [0.5, 0.6) is 5.88 Å². The second-order valence-corrected chi connectivity index (χ2v) is 10.9. The summed E-state index contributed by atoms with van der Waals surface area (Å²) in [6.07, 6.45) is 5.67. The van der Waals surface area contributed by atoms with Gasteiger partial charge in [0, 0.05) is 54.4 Å². The summed E-state index contributed by atoms with van der Waals surface area (Å²) in [6, 6.07) is 11.1. The summed E-state index contributed by atoms with van der Waals surface area (Å²) in [6.45, 7) is 0. The summed E-state index contributed by atoms with van der Waals surface area (Å²) in [5.41, 5.74) is 1.93. The molecular weight excluding hydrogens is 500 g/mol. The Morgan fingerprint density at radius 1 is 1.08 bits per heavy atom. The molecule has 3 aromatic rings. The SMILES string of the molecule is O=C(N[C@H]1Cc2cc(Cl)ccc2-n2c(nnc2[C@H]2CC[C@H](Oc3ccccn3)CC2)C1)C1CC(F)(F)C1. The molecule has 1 atom stereocenters. The van der Waals surface area contributed by atoms with E-state index in [4.69, 9.17) is 16.3 Å². The summed E-state index contributed by atoms with van der Waals surface area (Å²) < 4.78 is 34.8. The third-order valence-corrected chi connectivity index (χ3v) is 7.94. The van der Waals surface area contributed by atoms with Crippen molar-refractivity contribution in [3.63, 3.8) is 0 Å². The first-order valence-corrected chi connectivity index (χ1v) is 13.2. The molecule has 37 heavy (non-hydrogen) atoms. The van der Waals surface area contributed by atoms with E-state index in [9.17, 15) is 13.6 Å². The highest BCUT2D eigenvalue weighted by molar-refractivity contribution is 6.30. The molecule has 0 bridgehead atoms. The van der Waals surface area contributed by atoms with Crippen LogP contribution in [0.3, 0.4) is 0 Å². The predicted octanol–water partition coefficient (Wildman–Crippen LogP) is 5.05. The largest absolute Gasteiger partial charge is 0.474 e. The highest BCUT2D eigenvalue weighted by atomic mass is 35.5. The highest BCUT2D eigenvalue weighted by Gasteiger charge is 2.49. The van der Waals surface area contributed by atoms with Crippen LogP contribution in [0, 0.1) is 5.92 Å². The Balaban J connectivity index is 1.21. The fourth-order valence-electron chi connectivity index (χ4n) is 5.78. The molecule has 194 valence electrons. The maximum absolute atomic E-state index is 13.3. The Bertz CT molecular complexity index is 1290. The molecule has 0 unspecified atom stereocenters. The number of pyridine rings is 1. The van der Waals surface area contributed by atoms with E-state index in [1.165, 1.54) is 0 Å². The molecule has 1 amide bonds. The number of carbonyl (C=O) groups is 1. The van der Waals surface area contributed by atoms with Crippen LogP contribution in [-0.4, -0.2) is 43.7 Å². The van der Waals surface area contributed by atoms with Gasteiger partial charge in [-0.15, -0.1) is 10.2 Å². The molecule has 6 rings (SSSR count). The summed E-state index contributed by atoms with van der Waals surface area (Å²) in [5.74, 6) is -1.17. The minimum atomic E-state index is -2.73. The van der Waals surface area contributed by atoms with E-state index in [-0.39, 0.29) is 36.8 Å². The van der Waals surface area contributed by atoms with Gasteiger partial charge >= 0.3 is 0 Å². The van der Waals surface area contributed by atoms with E-state index in [0.29, 0.717) is 23.7 Å². The fraction of sp³-hybridized carbons (Fsp3) is 0.481. The Labute approximate surface area is 218 Å². The molecule has 7 nitrogen and oxygen atoms in total. The standard InChI is InChI=1S/C27H28ClF2N5O2/c28-19-6-9-22-17(11-19)12-20(32-26(36)18-14-27(29,30)15-18)13-23-33-34-25(35(22)23)16-4-7-21(8-5-16)37-24-3-1-2-10-31-24/h1-3,6,9-11,16,18,20-21H,4-5,7-8,12-15H2,(H,32,36)/t16-,20-,21-/m0/s1. The highest BCUT2D eigenvalue weighted by Crippen LogP contribution is 2.42. The summed E-state index contributed by atoms with van der Waals surface area (Å²) in [4.78, 5) is 16.9. The van der Waals surface area contributed by atoms with Crippen molar-refractivity contribution >= 4 is 17.5 Å². The van der Waals surface area contributed by atoms with Gasteiger partial charge in [0.15, 0.2) is 0 Å². The van der Waals surface area contributed by atoms with Crippen molar-refractivity contribution in [1.29, 1.82) is 0 Å². The molecule has 10 heteroatoms. The van der Waals surface area contributed by atoms with Gasteiger partial charge in [-0.05, 0) is 61.9 Å². The van der Waals surface area contributed by atoms with E-state index in [1.807, 2.05) is 36.4 Å². The van der Waals surface area contributed by atoms with Crippen LogP contribution in [0.4, 0.5) is 8.78 Å². The van der Waals surface area contributed by atoms with Crippen molar-refractivity contribution < 1.29 is 18.3 Å². The van der Waals surface area contributed by atoms with Crippen LogP contribution in [0.2, 0.25) is 5.02 Å².